The van der Waals surface area contributed by atoms with Crippen molar-refractivity contribution in [1.29, 1.82) is 0 Å². The van der Waals surface area contributed by atoms with E-state index in [1.165, 1.54) is 0 Å². The largest absolute Gasteiger partial charge is 0.391 e. The summed E-state index contributed by atoms with van der Waals surface area (Å²) in [7, 11) is 2.03. The van der Waals surface area contributed by atoms with Crippen LogP contribution in [0.2, 0.25) is 0 Å². The Morgan fingerprint density at radius 2 is 2.30 bits per heavy atom. The molecular weight excluding hydrogens is 128 g/mol. The van der Waals surface area contributed by atoms with E-state index in [4.69, 9.17) is 5.73 Å². The Morgan fingerprint density at radius 3 is 2.70 bits per heavy atom. The molecule has 0 radical (unpaired) electrons. The molecule has 0 spiro atoms. The Morgan fingerprint density at radius 1 is 1.60 bits per heavy atom. The van der Waals surface area contributed by atoms with Gasteiger partial charge in [0.1, 0.15) is 0 Å². The van der Waals surface area contributed by atoms with E-state index in [-0.39, 0.29) is 6.10 Å². The minimum absolute atomic E-state index is 0.145. The van der Waals surface area contributed by atoms with E-state index < -0.39 is 0 Å². The van der Waals surface area contributed by atoms with Crippen LogP contribution in [0.15, 0.2) is 0 Å². The Bertz CT molecular complexity index is 108. The van der Waals surface area contributed by atoms with Gasteiger partial charge >= 0.3 is 0 Å². The summed E-state index contributed by atoms with van der Waals surface area (Å²) in [6, 6.07) is 0. The van der Waals surface area contributed by atoms with Gasteiger partial charge in [-0.3, -0.25) is 0 Å². The lowest BCUT2D eigenvalue weighted by Crippen LogP contribution is -2.20. The van der Waals surface area contributed by atoms with Crippen LogP contribution in [0, 0.1) is 5.92 Å². The summed E-state index contributed by atoms with van der Waals surface area (Å²) >= 11 is 0. The van der Waals surface area contributed by atoms with Gasteiger partial charge in [-0.05, 0) is 25.9 Å². The van der Waals surface area contributed by atoms with Gasteiger partial charge in [0.05, 0.1) is 6.10 Å². The molecule has 1 aliphatic rings. The first-order valence-corrected chi connectivity index (χ1v) is 3.80. The van der Waals surface area contributed by atoms with Crippen molar-refractivity contribution in [2.24, 2.45) is 11.7 Å². The number of aliphatic hydroxyl groups is 1. The van der Waals surface area contributed by atoms with Crippen molar-refractivity contribution in [3.8, 4) is 0 Å². The molecule has 0 saturated carbocycles. The van der Waals surface area contributed by atoms with E-state index in [0.717, 1.165) is 19.5 Å². The molecule has 0 aromatic carbocycles. The second-order valence-corrected chi connectivity index (χ2v) is 3.13. The number of likely N-dealkylation sites (N-methyl/N-ethyl adjacent to an activating group) is 1. The molecule has 0 aliphatic carbocycles. The smallest absolute Gasteiger partial charge is 0.0707 e. The maximum Gasteiger partial charge on any atom is 0.0707 e. The number of likely N-dealkylation sites (tertiary alicyclic amines) is 1. The summed E-state index contributed by atoms with van der Waals surface area (Å²) in [4.78, 5) is 2.14. The van der Waals surface area contributed by atoms with Gasteiger partial charge in [-0.15, -0.1) is 0 Å². The predicted octanol–water partition coefficient (Wildman–Crippen LogP) is -0.742. The Balaban J connectivity index is 2.31. The minimum Gasteiger partial charge on any atom is -0.391 e. The highest BCUT2D eigenvalue weighted by atomic mass is 16.3. The van der Waals surface area contributed by atoms with E-state index >= 15 is 0 Å². The summed E-state index contributed by atoms with van der Waals surface area (Å²) in [6.45, 7) is 2.50. The number of β-amino-alcohol motifs (C(OH)–C–C–N with tert-alkyl or cyclic N) is 1. The standard InChI is InChI=1S/C7H16N2O/c1-9-4-6(2-3-8)7(10)5-9/h6-7,10H,2-5,8H2,1H3/t6-,7-/m0/s1. The first-order chi connectivity index (χ1) is 4.74. The van der Waals surface area contributed by atoms with Crippen molar-refractivity contribution in [2.75, 3.05) is 26.7 Å². The Kier molecular flexibility index (Phi) is 2.65. The van der Waals surface area contributed by atoms with E-state index in [0.29, 0.717) is 12.5 Å². The normalized spacial score (nSPS) is 35.1. The van der Waals surface area contributed by atoms with Gasteiger partial charge in [-0.1, -0.05) is 0 Å². The van der Waals surface area contributed by atoms with Crippen LogP contribution in [-0.2, 0) is 0 Å². The fraction of sp³-hybridized carbons (Fsp3) is 1.00. The number of aliphatic hydroxyl groups excluding tert-OH is 1. The molecule has 3 N–H and O–H groups in total. The molecule has 1 fully saturated rings. The second kappa shape index (κ2) is 3.32. The van der Waals surface area contributed by atoms with Gasteiger partial charge in [-0.25, -0.2) is 0 Å². The third kappa shape index (κ3) is 1.68. The molecule has 1 saturated heterocycles. The highest BCUT2D eigenvalue weighted by Crippen LogP contribution is 2.17. The summed E-state index contributed by atoms with van der Waals surface area (Å²) < 4.78 is 0. The third-order valence-corrected chi connectivity index (χ3v) is 2.13. The zero-order valence-electron chi connectivity index (χ0n) is 6.45. The zero-order chi connectivity index (χ0) is 7.56. The lowest BCUT2D eigenvalue weighted by molar-refractivity contribution is 0.140. The van der Waals surface area contributed by atoms with E-state index in [2.05, 4.69) is 4.90 Å². The van der Waals surface area contributed by atoms with Gasteiger partial charge in [0.25, 0.3) is 0 Å². The maximum absolute atomic E-state index is 9.39. The average molecular weight is 144 g/mol. The maximum atomic E-state index is 9.39. The number of rotatable bonds is 2. The summed E-state index contributed by atoms with van der Waals surface area (Å²) in [5.74, 6) is 0.412. The van der Waals surface area contributed by atoms with Gasteiger partial charge < -0.3 is 15.7 Å². The van der Waals surface area contributed by atoms with Crippen LogP contribution < -0.4 is 5.73 Å². The molecule has 0 aromatic rings. The predicted molar refractivity (Wildman–Crippen MR) is 40.7 cm³/mol. The summed E-state index contributed by atoms with van der Waals surface area (Å²) in [5.41, 5.74) is 5.39. The summed E-state index contributed by atoms with van der Waals surface area (Å²) in [5, 5.41) is 9.39. The fourth-order valence-electron chi connectivity index (χ4n) is 1.56. The lowest BCUT2D eigenvalue weighted by atomic mass is 10.0. The molecule has 0 unspecified atom stereocenters. The second-order valence-electron chi connectivity index (χ2n) is 3.13. The lowest BCUT2D eigenvalue weighted by Gasteiger charge is -2.10. The number of hydrogen-bond acceptors (Lipinski definition) is 3. The van der Waals surface area contributed by atoms with Crippen LogP contribution >= 0.6 is 0 Å². The molecule has 1 rings (SSSR count). The number of nitrogens with two attached hydrogens (primary N) is 1. The molecule has 3 heteroatoms. The van der Waals surface area contributed by atoms with Crippen molar-refractivity contribution in [3.05, 3.63) is 0 Å². The first kappa shape index (κ1) is 7.98. The quantitative estimate of drug-likeness (QED) is 0.536. The van der Waals surface area contributed by atoms with Crippen molar-refractivity contribution in [3.63, 3.8) is 0 Å². The SMILES string of the molecule is CN1C[C@H](CCN)[C@@H](O)C1. The zero-order valence-corrected chi connectivity index (χ0v) is 6.45. The molecule has 10 heavy (non-hydrogen) atoms. The molecule has 0 bridgehead atoms. The topological polar surface area (TPSA) is 49.5 Å². The monoisotopic (exact) mass is 144 g/mol. The molecule has 2 atom stereocenters. The van der Waals surface area contributed by atoms with Crippen molar-refractivity contribution in [1.82, 2.24) is 4.90 Å². The number of hydrogen-bond donors (Lipinski definition) is 2. The van der Waals surface area contributed by atoms with Gasteiger partial charge in [0.2, 0.25) is 0 Å². The van der Waals surface area contributed by atoms with Crippen LogP contribution in [-0.4, -0.2) is 42.8 Å². The molecule has 60 valence electrons. The molecular formula is C7H16N2O. The fourth-order valence-corrected chi connectivity index (χ4v) is 1.56. The van der Waals surface area contributed by atoms with E-state index in [1.54, 1.807) is 0 Å². The highest BCUT2D eigenvalue weighted by Gasteiger charge is 2.27. The van der Waals surface area contributed by atoms with E-state index in [1.807, 2.05) is 7.05 Å². The summed E-state index contributed by atoms with van der Waals surface area (Å²) in [6.07, 6.45) is 0.805. The highest BCUT2D eigenvalue weighted by molar-refractivity contribution is 4.81. The molecule has 3 nitrogen and oxygen atoms in total. The molecule has 0 amide bonds. The van der Waals surface area contributed by atoms with Gasteiger partial charge in [-0.2, -0.15) is 0 Å². The third-order valence-electron chi connectivity index (χ3n) is 2.13. The van der Waals surface area contributed by atoms with Crippen LogP contribution in [0.1, 0.15) is 6.42 Å². The van der Waals surface area contributed by atoms with Crippen molar-refractivity contribution < 1.29 is 5.11 Å². The van der Waals surface area contributed by atoms with Gasteiger partial charge in [0, 0.05) is 13.1 Å². The first-order valence-electron chi connectivity index (χ1n) is 3.80. The Hall–Kier alpha value is -0.120. The minimum atomic E-state index is -0.145. The van der Waals surface area contributed by atoms with Crippen LogP contribution in [0.4, 0.5) is 0 Å². The molecule has 1 aliphatic heterocycles. The van der Waals surface area contributed by atoms with Gasteiger partial charge in [0.15, 0.2) is 0 Å². The average Bonchev–Trinajstić information content (AvgIpc) is 2.13. The van der Waals surface area contributed by atoms with Crippen molar-refractivity contribution >= 4 is 0 Å². The van der Waals surface area contributed by atoms with Crippen molar-refractivity contribution in [2.45, 2.75) is 12.5 Å². The molecule has 1 heterocycles. The molecule has 0 aromatic heterocycles. The Labute approximate surface area is 61.8 Å². The van der Waals surface area contributed by atoms with E-state index in [9.17, 15) is 5.11 Å². The van der Waals surface area contributed by atoms with Crippen LogP contribution in [0.3, 0.4) is 0 Å². The van der Waals surface area contributed by atoms with Crippen LogP contribution in [0.5, 0.6) is 0 Å². The van der Waals surface area contributed by atoms with Crippen LogP contribution in [0.25, 0.3) is 0 Å². The number of nitrogens with zero attached hydrogens (tertiary/aromatic N) is 1.